The van der Waals surface area contributed by atoms with E-state index in [2.05, 4.69) is 72.0 Å². The number of para-hydroxylation sites is 2. The smallest absolute Gasteiger partial charge is 0.231 e. The van der Waals surface area contributed by atoms with Crippen molar-refractivity contribution in [2.75, 3.05) is 11.4 Å². The van der Waals surface area contributed by atoms with Crippen LogP contribution in [0.5, 0.6) is 5.75 Å². The molecule has 0 fully saturated rings. The molecule has 34 heavy (non-hydrogen) atoms. The number of hydrogen-bond acceptors (Lipinski definition) is 4. The maximum atomic E-state index is 7.08. The molecule has 1 atom stereocenters. The van der Waals surface area contributed by atoms with Crippen molar-refractivity contribution in [1.82, 2.24) is 4.98 Å². The van der Waals surface area contributed by atoms with Crippen molar-refractivity contribution in [3.63, 3.8) is 0 Å². The molecule has 4 nitrogen and oxygen atoms in total. The zero-order valence-corrected chi connectivity index (χ0v) is 21.6. The second-order valence-corrected chi connectivity index (χ2v) is 10.8. The molecule has 3 aromatic carbocycles. The Morgan fingerprint density at radius 3 is 2.71 bits per heavy atom. The van der Waals surface area contributed by atoms with E-state index in [1.807, 2.05) is 36.4 Å². The summed E-state index contributed by atoms with van der Waals surface area (Å²) in [7, 11) is 0. The van der Waals surface area contributed by atoms with Gasteiger partial charge in [0.2, 0.25) is 11.6 Å². The van der Waals surface area contributed by atoms with Crippen LogP contribution in [0.25, 0.3) is 28.6 Å². The quantitative estimate of drug-likeness (QED) is 0.265. The number of ether oxygens (including phenoxy) is 1. The van der Waals surface area contributed by atoms with Gasteiger partial charge in [-0.05, 0) is 80.4 Å². The first kappa shape index (κ1) is 21.8. The number of rotatable bonds is 3. The molecule has 3 heterocycles. The van der Waals surface area contributed by atoms with Crippen molar-refractivity contribution < 1.29 is 9.15 Å². The second-order valence-electron chi connectivity index (χ2n) is 9.43. The van der Waals surface area contributed by atoms with Gasteiger partial charge < -0.3 is 14.1 Å². The van der Waals surface area contributed by atoms with Gasteiger partial charge in [0.05, 0.1) is 11.0 Å². The summed E-state index contributed by atoms with van der Waals surface area (Å²) in [5.41, 5.74) is 4.63. The van der Waals surface area contributed by atoms with E-state index in [4.69, 9.17) is 25.7 Å². The van der Waals surface area contributed by atoms with Crippen molar-refractivity contribution in [3.05, 3.63) is 81.3 Å². The molecule has 2 aliphatic rings. The van der Waals surface area contributed by atoms with Crippen molar-refractivity contribution >= 4 is 50.4 Å². The molecule has 6 rings (SSSR count). The van der Waals surface area contributed by atoms with Crippen LogP contribution >= 0.6 is 27.5 Å². The SMILES string of the molecule is CCCN1c2ccc(Br)cc2C(C)(C)C12C=Cc1cc(Cl)cc(-c3nc4ccccc4o3)c1O2. The highest BCUT2D eigenvalue weighted by atomic mass is 79.9. The first-order valence-corrected chi connectivity index (χ1v) is 12.7. The molecule has 0 radical (unpaired) electrons. The Kier molecular flexibility index (Phi) is 4.88. The van der Waals surface area contributed by atoms with Crippen LogP contribution in [0.1, 0.15) is 38.3 Å². The summed E-state index contributed by atoms with van der Waals surface area (Å²) in [5.74, 6) is 1.24. The van der Waals surface area contributed by atoms with Crippen LogP contribution in [-0.4, -0.2) is 17.3 Å². The van der Waals surface area contributed by atoms with E-state index in [0.29, 0.717) is 10.9 Å². The standard InChI is InChI=1S/C28H24BrClN2O2/c1-4-13-32-23-10-9-18(29)15-21(23)27(2,3)28(32)12-11-17-14-19(30)16-20(25(17)34-28)26-31-22-7-5-6-8-24(22)33-26/h5-12,14-16H,4,13H2,1-3H3. The predicted octanol–water partition coefficient (Wildman–Crippen LogP) is 8.22. The van der Waals surface area contributed by atoms with Gasteiger partial charge in [-0.1, -0.05) is 46.6 Å². The van der Waals surface area contributed by atoms with E-state index < -0.39 is 5.72 Å². The molecular weight excluding hydrogens is 512 g/mol. The summed E-state index contributed by atoms with van der Waals surface area (Å²) in [6.45, 7) is 7.56. The maximum Gasteiger partial charge on any atom is 0.231 e. The number of nitrogens with zero attached hydrogens (tertiary/aromatic N) is 2. The Bertz CT molecular complexity index is 1440. The molecule has 4 aromatic rings. The largest absolute Gasteiger partial charge is 0.462 e. The zero-order chi connectivity index (χ0) is 23.7. The second kappa shape index (κ2) is 7.62. The van der Waals surface area contributed by atoms with Gasteiger partial charge in [0.25, 0.3) is 0 Å². The highest BCUT2D eigenvalue weighted by Gasteiger charge is 2.59. The Balaban J connectivity index is 1.56. The zero-order valence-electron chi connectivity index (χ0n) is 19.2. The third kappa shape index (κ3) is 2.99. The molecule has 0 saturated carbocycles. The lowest BCUT2D eigenvalue weighted by atomic mass is 9.76. The predicted molar refractivity (Wildman–Crippen MR) is 142 cm³/mol. The van der Waals surface area contributed by atoms with Crippen LogP contribution in [0.15, 0.2) is 69.6 Å². The van der Waals surface area contributed by atoms with Crippen molar-refractivity contribution in [2.45, 2.75) is 38.3 Å². The molecule has 0 N–H and O–H groups in total. The summed E-state index contributed by atoms with van der Waals surface area (Å²) in [4.78, 5) is 7.13. The maximum absolute atomic E-state index is 7.08. The van der Waals surface area contributed by atoms with Gasteiger partial charge >= 0.3 is 0 Å². The third-order valence-electron chi connectivity index (χ3n) is 7.02. The average molecular weight is 536 g/mol. The van der Waals surface area contributed by atoms with E-state index in [9.17, 15) is 0 Å². The van der Waals surface area contributed by atoms with Crippen molar-refractivity contribution in [2.24, 2.45) is 0 Å². The minimum atomic E-state index is -0.701. The first-order valence-electron chi connectivity index (χ1n) is 11.5. The molecule has 1 unspecified atom stereocenters. The minimum Gasteiger partial charge on any atom is -0.462 e. The number of anilines is 1. The van der Waals surface area contributed by atoms with Crippen LogP contribution in [-0.2, 0) is 5.41 Å². The summed E-state index contributed by atoms with van der Waals surface area (Å²) in [6, 6.07) is 18.1. The van der Waals surface area contributed by atoms with Gasteiger partial charge in [0, 0.05) is 27.3 Å². The molecule has 172 valence electrons. The fourth-order valence-corrected chi connectivity index (χ4v) is 5.92. The Morgan fingerprint density at radius 2 is 1.91 bits per heavy atom. The molecule has 6 heteroatoms. The highest BCUT2D eigenvalue weighted by molar-refractivity contribution is 9.10. The van der Waals surface area contributed by atoms with Crippen LogP contribution in [0, 0.1) is 0 Å². The molecule has 0 bridgehead atoms. The molecule has 0 saturated heterocycles. The average Bonchev–Trinajstić information content (AvgIpc) is 3.32. The number of aromatic nitrogens is 1. The lowest BCUT2D eigenvalue weighted by Crippen LogP contribution is -2.59. The number of hydrogen-bond donors (Lipinski definition) is 0. The molecule has 1 aromatic heterocycles. The molecular formula is C28H24BrClN2O2. The molecule has 0 amide bonds. The first-order chi connectivity index (χ1) is 16.3. The molecule has 2 aliphatic heterocycles. The van der Waals surface area contributed by atoms with Crippen LogP contribution < -0.4 is 9.64 Å². The Morgan fingerprint density at radius 1 is 1.09 bits per heavy atom. The monoisotopic (exact) mass is 534 g/mol. The van der Waals surface area contributed by atoms with Gasteiger partial charge in [-0.2, -0.15) is 0 Å². The number of fused-ring (bicyclic) bond motifs is 3. The van der Waals surface area contributed by atoms with Gasteiger partial charge in [-0.3, -0.25) is 0 Å². The summed E-state index contributed by atoms with van der Waals surface area (Å²) in [6.07, 6.45) is 5.31. The van der Waals surface area contributed by atoms with Gasteiger partial charge in [-0.15, -0.1) is 0 Å². The van der Waals surface area contributed by atoms with Crippen LogP contribution in [0.4, 0.5) is 5.69 Å². The van der Waals surface area contributed by atoms with E-state index in [0.717, 1.165) is 45.4 Å². The van der Waals surface area contributed by atoms with E-state index in [-0.39, 0.29) is 5.41 Å². The van der Waals surface area contributed by atoms with Crippen LogP contribution in [0.2, 0.25) is 5.02 Å². The van der Waals surface area contributed by atoms with Gasteiger partial charge in [0.1, 0.15) is 11.3 Å². The number of halogens is 2. The third-order valence-corrected chi connectivity index (χ3v) is 7.73. The van der Waals surface area contributed by atoms with Gasteiger partial charge in [-0.25, -0.2) is 4.98 Å². The topological polar surface area (TPSA) is 38.5 Å². The van der Waals surface area contributed by atoms with Crippen LogP contribution in [0.3, 0.4) is 0 Å². The highest BCUT2D eigenvalue weighted by Crippen LogP contribution is 2.56. The number of oxazole rings is 1. The lowest BCUT2D eigenvalue weighted by Gasteiger charge is -2.47. The van der Waals surface area contributed by atoms with E-state index in [1.165, 1.54) is 11.3 Å². The Labute approximate surface area is 212 Å². The fourth-order valence-electron chi connectivity index (χ4n) is 5.34. The summed E-state index contributed by atoms with van der Waals surface area (Å²) < 4.78 is 14.3. The molecule has 0 aliphatic carbocycles. The lowest BCUT2D eigenvalue weighted by molar-refractivity contribution is 0.0539. The fraction of sp³-hybridized carbons (Fsp3) is 0.250. The van der Waals surface area contributed by atoms with Crippen molar-refractivity contribution in [1.29, 1.82) is 0 Å². The minimum absolute atomic E-state index is 0.326. The Hall–Kier alpha value is -2.76. The number of benzene rings is 3. The van der Waals surface area contributed by atoms with E-state index >= 15 is 0 Å². The normalized spacial score (nSPS) is 20.0. The summed E-state index contributed by atoms with van der Waals surface area (Å²) in [5, 5.41) is 0.614. The summed E-state index contributed by atoms with van der Waals surface area (Å²) >= 11 is 10.2. The van der Waals surface area contributed by atoms with Gasteiger partial charge in [0.15, 0.2) is 5.58 Å². The van der Waals surface area contributed by atoms with Crippen molar-refractivity contribution in [3.8, 4) is 17.2 Å². The molecule has 1 spiro atoms. The van der Waals surface area contributed by atoms with E-state index in [1.54, 1.807) is 0 Å².